The van der Waals surface area contributed by atoms with Gasteiger partial charge in [-0.3, -0.25) is 9.59 Å². The Kier molecular flexibility index (Phi) is 44.7. The van der Waals surface area contributed by atoms with Crippen LogP contribution >= 0.6 is 0 Å². The van der Waals surface area contributed by atoms with Gasteiger partial charge in [0.2, 0.25) is 5.91 Å². The van der Waals surface area contributed by atoms with Crippen LogP contribution < -0.4 is 5.32 Å². The summed E-state index contributed by atoms with van der Waals surface area (Å²) in [6.07, 6.45) is 57.1. The van der Waals surface area contributed by atoms with E-state index in [-0.39, 0.29) is 24.9 Å². The maximum Gasteiger partial charge on any atom is 0.306 e. The molecule has 0 spiro atoms. The van der Waals surface area contributed by atoms with Crippen molar-refractivity contribution < 1.29 is 24.5 Å². The molecule has 0 heterocycles. The third-order valence-electron chi connectivity index (χ3n) is 11.1. The smallest absolute Gasteiger partial charge is 0.306 e. The summed E-state index contributed by atoms with van der Waals surface area (Å²) in [5, 5.41) is 23.7. The summed E-state index contributed by atoms with van der Waals surface area (Å²) >= 11 is 0. The van der Waals surface area contributed by atoms with Gasteiger partial charge in [0.05, 0.1) is 25.2 Å². The Balaban J connectivity index is 4.68. The van der Waals surface area contributed by atoms with Crippen LogP contribution in [0, 0.1) is 0 Å². The molecule has 3 N–H and O–H groups in total. The molecule has 59 heavy (non-hydrogen) atoms. The fourth-order valence-corrected chi connectivity index (χ4v) is 7.34. The van der Waals surface area contributed by atoms with Gasteiger partial charge in [-0.15, -0.1) is 0 Å². The largest absolute Gasteiger partial charge is 0.462 e. The van der Waals surface area contributed by atoms with Gasteiger partial charge in [0.15, 0.2) is 0 Å². The molecule has 342 valence electrons. The number of aliphatic hydroxyl groups is 2. The zero-order valence-electron chi connectivity index (χ0n) is 38.9. The van der Waals surface area contributed by atoms with Gasteiger partial charge in [0.25, 0.3) is 0 Å². The fraction of sp³-hybridized carbons (Fsp3) is 0.774. The highest BCUT2D eigenvalue weighted by Crippen LogP contribution is 2.17. The number of nitrogens with one attached hydrogen (secondary N) is 1. The van der Waals surface area contributed by atoms with Gasteiger partial charge in [0.1, 0.15) is 6.10 Å². The summed E-state index contributed by atoms with van der Waals surface area (Å²) in [4.78, 5) is 26.0. The highest BCUT2D eigenvalue weighted by Gasteiger charge is 2.24. The molecule has 0 aliphatic rings. The summed E-state index contributed by atoms with van der Waals surface area (Å²) < 4.78 is 5.89. The van der Waals surface area contributed by atoms with Gasteiger partial charge in [-0.05, 0) is 64.2 Å². The van der Waals surface area contributed by atoms with Crippen molar-refractivity contribution in [3.8, 4) is 0 Å². The normalized spacial score (nSPS) is 13.8. The summed E-state index contributed by atoms with van der Waals surface area (Å²) in [7, 11) is 0. The van der Waals surface area contributed by atoms with Crippen LogP contribution in [0.5, 0.6) is 0 Å². The Morgan fingerprint density at radius 3 is 1.36 bits per heavy atom. The van der Waals surface area contributed by atoms with Crippen LogP contribution in [0.25, 0.3) is 0 Å². The molecule has 0 radical (unpaired) electrons. The van der Waals surface area contributed by atoms with Gasteiger partial charge in [-0.2, -0.15) is 0 Å². The maximum atomic E-state index is 13.2. The molecule has 0 saturated carbocycles. The predicted octanol–water partition coefficient (Wildman–Crippen LogP) is 14.8. The van der Waals surface area contributed by atoms with E-state index >= 15 is 0 Å². The molecule has 0 fully saturated rings. The molecule has 6 nitrogen and oxygen atoms in total. The molecular formula is C53H95NO5. The number of amides is 1. The molecule has 0 aromatic heterocycles. The van der Waals surface area contributed by atoms with Crippen LogP contribution in [0.3, 0.4) is 0 Å². The van der Waals surface area contributed by atoms with Crippen LogP contribution in [0.2, 0.25) is 0 Å². The van der Waals surface area contributed by atoms with Gasteiger partial charge in [-0.1, -0.05) is 223 Å². The van der Waals surface area contributed by atoms with Crippen LogP contribution in [0.1, 0.15) is 239 Å². The Hall–Kier alpha value is -2.44. The maximum absolute atomic E-state index is 13.2. The monoisotopic (exact) mass is 826 g/mol. The minimum Gasteiger partial charge on any atom is -0.462 e. The van der Waals surface area contributed by atoms with Crippen molar-refractivity contribution in [3.63, 3.8) is 0 Å². The molecule has 6 heteroatoms. The van der Waals surface area contributed by atoms with Crippen LogP contribution in [-0.2, 0) is 14.3 Å². The molecule has 0 aromatic carbocycles. The van der Waals surface area contributed by atoms with E-state index in [1.807, 2.05) is 0 Å². The van der Waals surface area contributed by atoms with Crippen LogP contribution in [0.15, 0.2) is 60.8 Å². The van der Waals surface area contributed by atoms with E-state index in [1.54, 1.807) is 0 Å². The molecule has 3 atom stereocenters. The standard InChI is InChI=1S/C53H95NO5/c1-4-7-10-13-16-19-22-24-25-26-27-29-30-32-35-38-41-44-49(59-53(58)46-43-40-37-34-21-18-15-12-9-6-3)47-52(57)54-50(48-55)51(56)45-42-39-36-33-31-28-23-20-17-14-11-8-5-2/h7,10,16,19,24-25,27,29,32,35,49-51,55-56H,4-6,8-9,11-15,17-18,20-23,26,28,30-31,33-34,36-48H2,1-3H3,(H,54,57)/b10-7-,19-16-,25-24-,29-27-,35-32-. The SMILES string of the molecule is CC/C=C\C/C=C\C/C=C\C/C=C\C/C=C\CCCC(CC(=O)NC(CO)C(O)CCCCCCCCCCCCCCC)OC(=O)CCCCCCCCCCCC. The average molecular weight is 826 g/mol. The van der Waals surface area contributed by atoms with Crippen molar-refractivity contribution in [3.05, 3.63) is 60.8 Å². The number of carbonyl (C=O) groups is 2. The molecule has 0 aromatic rings. The molecule has 0 saturated heterocycles. The van der Waals surface area contributed by atoms with Crippen molar-refractivity contribution in [1.82, 2.24) is 5.32 Å². The third-order valence-corrected chi connectivity index (χ3v) is 11.1. The highest BCUT2D eigenvalue weighted by atomic mass is 16.5. The Morgan fingerprint density at radius 2 is 0.915 bits per heavy atom. The van der Waals surface area contributed by atoms with Gasteiger partial charge in [-0.25, -0.2) is 0 Å². The second kappa shape index (κ2) is 46.6. The molecule has 0 aliphatic heterocycles. The highest BCUT2D eigenvalue weighted by molar-refractivity contribution is 5.77. The lowest BCUT2D eigenvalue weighted by Gasteiger charge is -2.24. The number of esters is 1. The Morgan fingerprint density at radius 1 is 0.508 bits per heavy atom. The first-order valence-electron chi connectivity index (χ1n) is 25.0. The van der Waals surface area contributed by atoms with Crippen molar-refractivity contribution in [2.75, 3.05) is 6.61 Å². The summed E-state index contributed by atoms with van der Waals surface area (Å²) in [6.45, 7) is 6.34. The number of hydrogen-bond donors (Lipinski definition) is 3. The second-order valence-electron chi connectivity index (χ2n) is 16.8. The lowest BCUT2D eigenvalue weighted by atomic mass is 10.0. The number of ether oxygens (including phenoxy) is 1. The van der Waals surface area contributed by atoms with Gasteiger partial charge < -0.3 is 20.3 Å². The average Bonchev–Trinajstić information content (AvgIpc) is 3.23. The molecule has 1 amide bonds. The Labute approximate surface area is 365 Å². The van der Waals surface area contributed by atoms with E-state index in [9.17, 15) is 19.8 Å². The first kappa shape index (κ1) is 56.6. The van der Waals surface area contributed by atoms with Gasteiger partial charge in [0, 0.05) is 6.42 Å². The third kappa shape index (κ3) is 42.1. The minimum atomic E-state index is -0.802. The topological polar surface area (TPSA) is 95.9 Å². The summed E-state index contributed by atoms with van der Waals surface area (Å²) in [5.41, 5.74) is 0. The number of aliphatic hydroxyl groups excluding tert-OH is 2. The minimum absolute atomic E-state index is 0.0391. The van der Waals surface area contributed by atoms with Gasteiger partial charge >= 0.3 is 5.97 Å². The number of hydrogen-bond acceptors (Lipinski definition) is 5. The van der Waals surface area contributed by atoms with Crippen molar-refractivity contribution >= 4 is 11.9 Å². The zero-order valence-corrected chi connectivity index (χ0v) is 38.9. The second-order valence-corrected chi connectivity index (χ2v) is 16.8. The van der Waals surface area contributed by atoms with Crippen molar-refractivity contribution in [1.29, 1.82) is 0 Å². The number of unbranched alkanes of at least 4 members (excludes halogenated alkanes) is 22. The fourth-order valence-electron chi connectivity index (χ4n) is 7.34. The molecule has 0 rings (SSSR count). The van der Waals surface area contributed by atoms with E-state index < -0.39 is 18.2 Å². The van der Waals surface area contributed by atoms with E-state index in [1.165, 1.54) is 109 Å². The molecule has 0 bridgehead atoms. The number of allylic oxidation sites excluding steroid dienone is 10. The van der Waals surface area contributed by atoms with E-state index in [0.29, 0.717) is 19.3 Å². The predicted molar refractivity (Wildman–Crippen MR) is 255 cm³/mol. The zero-order chi connectivity index (χ0) is 43.1. The van der Waals surface area contributed by atoms with Crippen LogP contribution in [-0.4, -0.2) is 46.9 Å². The summed E-state index contributed by atoms with van der Waals surface area (Å²) in [5.74, 6) is -0.529. The summed E-state index contributed by atoms with van der Waals surface area (Å²) in [6, 6.07) is -0.718. The first-order valence-corrected chi connectivity index (χ1v) is 25.0. The molecule has 3 unspecified atom stereocenters. The quantitative estimate of drug-likeness (QED) is 0.0323. The van der Waals surface area contributed by atoms with Crippen LogP contribution in [0.4, 0.5) is 0 Å². The van der Waals surface area contributed by atoms with Crippen molar-refractivity contribution in [2.24, 2.45) is 0 Å². The van der Waals surface area contributed by atoms with E-state index in [0.717, 1.165) is 83.5 Å². The lowest BCUT2D eigenvalue weighted by molar-refractivity contribution is -0.151. The Bertz CT molecular complexity index is 1060. The van der Waals surface area contributed by atoms with Crippen molar-refractivity contribution in [2.45, 2.75) is 257 Å². The first-order chi connectivity index (χ1) is 29.0. The lowest BCUT2D eigenvalue weighted by Crippen LogP contribution is -2.46. The number of rotatable bonds is 44. The molecule has 0 aliphatic carbocycles. The van der Waals surface area contributed by atoms with E-state index in [4.69, 9.17) is 4.74 Å². The molecular weight excluding hydrogens is 731 g/mol. The van der Waals surface area contributed by atoms with E-state index in [2.05, 4.69) is 86.8 Å². The number of carbonyl (C=O) groups excluding carboxylic acids is 2.